The first-order chi connectivity index (χ1) is 3.15. The Morgan fingerprint density at radius 2 is 1.57 bits per heavy atom. The van der Waals surface area contributed by atoms with Gasteiger partial charge in [0.1, 0.15) is 0 Å². The molecule has 0 unspecified atom stereocenters. The summed E-state index contributed by atoms with van der Waals surface area (Å²) in [5, 5.41) is 0. The molecule has 0 saturated heterocycles. The molecular formula is C6H15N. The lowest BCUT2D eigenvalue weighted by molar-refractivity contribution is 0.834. The Morgan fingerprint density at radius 3 is 1.57 bits per heavy atom. The van der Waals surface area contributed by atoms with Crippen molar-refractivity contribution in [1.29, 1.82) is 0 Å². The van der Waals surface area contributed by atoms with Gasteiger partial charge in [-0.1, -0.05) is 19.9 Å². The quantitative estimate of drug-likeness (QED) is 0.460. The number of hydrogen-bond acceptors (Lipinski definition) is 1. The normalized spacial score (nSPS) is 7.00. The van der Waals surface area contributed by atoms with Gasteiger partial charge >= 0.3 is 0 Å². The minimum Gasteiger partial charge on any atom is -0.328 e. The van der Waals surface area contributed by atoms with Crippen LogP contribution in [0.4, 0.5) is 0 Å². The van der Waals surface area contributed by atoms with Crippen LogP contribution in [-0.4, -0.2) is 6.04 Å². The van der Waals surface area contributed by atoms with Crippen LogP contribution in [0.25, 0.3) is 0 Å². The largest absolute Gasteiger partial charge is 0.328 e. The van der Waals surface area contributed by atoms with Crippen molar-refractivity contribution in [2.24, 2.45) is 5.73 Å². The van der Waals surface area contributed by atoms with Crippen LogP contribution < -0.4 is 5.73 Å². The van der Waals surface area contributed by atoms with Crippen molar-refractivity contribution in [3.63, 3.8) is 0 Å². The van der Waals surface area contributed by atoms with E-state index in [0.29, 0.717) is 6.04 Å². The summed E-state index contributed by atoms with van der Waals surface area (Å²) in [6, 6.07) is 0.333. The van der Waals surface area contributed by atoms with Gasteiger partial charge in [-0.05, 0) is 13.0 Å². The Kier molecular flexibility index (Phi) is 12.9. The van der Waals surface area contributed by atoms with Crippen molar-refractivity contribution in [3.05, 3.63) is 12.7 Å². The van der Waals surface area contributed by atoms with Gasteiger partial charge in [0.05, 0.1) is 0 Å². The first kappa shape index (κ1) is 9.85. The second-order valence-corrected chi connectivity index (χ2v) is 1.65. The lowest BCUT2D eigenvalue weighted by Crippen LogP contribution is -2.06. The van der Waals surface area contributed by atoms with E-state index in [2.05, 4.69) is 6.58 Å². The van der Waals surface area contributed by atoms with Gasteiger partial charge in [-0.25, -0.2) is 0 Å². The molecule has 0 aromatic carbocycles. The van der Waals surface area contributed by atoms with Gasteiger partial charge in [0.15, 0.2) is 0 Å². The van der Waals surface area contributed by atoms with Gasteiger partial charge in [-0.2, -0.15) is 0 Å². The maximum atomic E-state index is 5.11. The first-order valence-electron chi connectivity index (χ1n) is 2.47. The second-order valence-electron chi connectivity index (χ2n) is 1.65. The summed E-state index contributed by atoms with van der Waals surface area (Å²) in [5.41, 5.74) is 5.11. The molecule has 0 atom stereocenters. The van der Waals surface area contributed by atoms with E-state index in [4.69, 9.17) is 5.73 Å². The minimum atomic E-state index is 0.333. The molecule has 0 amide bonds. The van der Waals surface area contributed by atoms with E-state index in [1.807, 2.05) is 20.8 Å². The second kappa shape index (κ2) is 9.20. The Bertz CT molecular complexity index is 28.4. The zero-order chi connectivity index (χ0) is 6.28. The summed E-state index contributed by atoms with van der Waals surface area (Å²) >= 11 is 0. The van der Waals surface area contributed by atoms with Crippen LogP contribution in [0.5, 0.6) is 0 Å². The van der Waals surface area contributed by atoms with Gasteiger partial charge in [0, 0.05) is 0 Å². The third-order valence-corrected chi connectivity index (χ3v) is 0. The molecule has 0 rings (SSSR count). The fourth-order valence-corrected chi connectivity index (χ4v) is 0. The van der Waals surface area contributed by atoms with E-state index in [1.54, 1.807) is 6.08 Å². The van der Waals surface area contributed by atoms with Crippen LogP contribution in [0.2, 0.25) is 0 Å². The van der Waals surface area contributed by atoms with Crippen LogP contribution in [0, 0.1) is 0 Å². The van der Waals surface area contributed by atoms with E-state index >= 15 is 0 Å². The molecule has 0 aliphatic rings. The van der Waals surface area contributed by atoms with Crippen molar-refractivity contribution in [1.82, 2.24) is 0 Å². The number of hydrogen-bond donors (Lipinski definition) is 1. The van der Waals surface area contributed by atoms with Crippen LogP contribution in [0.1, 0.15) is 20.8 Å². The summed E-state index contributed by atoms with van der Waals surface area (Å²) in [7, 11) is 0. The Morgan fingerprint density at radius 1 is 1.57 bits per heavy atom. The van der Waals surface area contributed by atoms with Gasteiger partial charge < -0.3 is 5.73 Å². The maximum absolute atomic E-state index is 5.11. The van der Waals surface area contributed by atoms with Gasteiger partial charge in [0.2, 0.25) is 0 Å². The maximum Gasteiger partial charge on any atom is -0.00179 e. The highest BCUT2D eigenvalue weighted by Crippen LogP contribution is 1.58. The lowest BCUT2D eigenvalue weighted by Gasteiger charge is -1.81. The first-order valence-corrected chi connectivity index (χ1v) is 2.47. The topological polar surface area (TPSA) is 26.0 Å². The van der Waals surface area contributed by atoms with Crippen LogP contribution in [0.15, 0.2) is 12.7 Å². The standard InChI is InChI=1S/C3H9N.C3H6/c1-3(2)4;1-3-2/h3H,4H2,1-2H3;3H,1H2,2H3. The van der Waals surface area contributed by atoms with Gasteiger partial charge in [-0.3, -0.25) is 0 Å². The molecule has 0 aromatic rings. The van der Waals surface area contributed by atoms with Gasteiger partial charge in [0.25, 0.3) is 0 Å². The fraction of sp³-hybridized carbons (Fsp3) is 0.667. The smallest absolute Gasteiger partial charge is 0.00179 e. The Hall–Kier alpha value is -0.300. The predicted octanol–water partition coefficient (Wildman–Crippen LogP) is 1.55. The van der Waals surface area contributed by atoms with E-state index in [9.17, 15) is 0 Å². The Balaban J connectivity index is 0. The minimum absolute atomic E-state index is 0.333. The van der Waals surface area contributed by atoms with E-state index in [1.165, 1.54) is 0 Å². The highest BCUT2D eigenvalue weighted by atomic mass is 14.6. The van der Waals surface area contributed by atoms with Crippen molar-refractivity contribution >= 4 is 0 Å². The summed E-state index contributed by atoms with van der Waals surface area (Å²) in [5.74, 6) is 0. The number of nitrogens with two attached hydrogens (primary N) is 1. The molecule has 0 bridgehead atoms. The molecule has 0 aliphatic heterocycles. The van der Waals surface area contributed by atoms with Crippen LogP contribution >= 0.6 is 0 Å². The number of allylic oxidation sites excluding steroid dienone is 1. The summed E-state index contributed by atoms with van der Waals surface area (Å²) < 4.78 is 0. The molecule has 0 radical (unpaired) electrons. The summed E-state index contributed by atoms with van der Waals surface area (Å²) in [4.78, 5) is 0. The SMILES string of the molecule is C=CC.CC(C)N. The highest BCUT2D eigenvalue weighted by Gasteiger charge is 1.67. The van der Waals surface area contributed by atoms with Crippen molar-refractivity contribution in [3.8, 4) is 0 Å². The fourth-order valence-electron chi connectivity index (χ4n) is 0. The van der Waals surface area contributed by atoms with E-state index in [0.717, 1.165) is 0 Å². The molecule has 0 aliphatic carbocycles. The monoisotopic (exact) mass is 101 g/mol. The van der Waals surface area contributed by atoms with Crippen molar-refractivity contribution in [2.75, 3.05) is 0 Å². The third kappa shape index (κ3) is 867. The number of rotatable bonds is 0. The van der Waals surface area contributed by atoms with Crippen molar-refractivity contribution in [2.45, 2.75) is 26.8 Å². The van der Waals surface area contributed by atoms with Crippen molar-refractivity contribution < 1.29 is 0 Å². The molecule has 0 heterocycles. The molecular weight excluding hydrogens is 86.1 g/mol. The van der Waals surface area contributed by atoms with Crippen LogP contribution in [-0.2, 0) is 0 Å². The molecule has 7 heavy (non-hydrogen) atoms. The zero-order valence-corrected chi connectivity index (χ0v) is 5.44. The average molecular weight is 101 g/mol. The molecule has 44 valence electrons. The summed E-state index contributed by atoms with van der Waals surface area (Å²) in [6.07, 6.45) is 1.75. The average Bonchev–Trinajstić information content (AvgIpc) is 1.33. The molecule has 0 saturated carbocycles. The predicted molar refractivity (Wildman–Crippen MR) is 35.2 cm³/mol. The zero-order valence-electron chi connectivity index (χ0n) is 5.44. The van der Waals surface area contributed by atoms with E-state index in [-0.39, 0.29) is 0 Å². The van der Waals surface area contributed by atoms with Gasteiger partial charge in [-0.15, -0.1) is 6.58 Å². The molecule has 0 fully saturated rings. The Labute approximate surface area is 46.2 Å². The van der Waals surface area contributed by atoms with E-state index < -0.39 is 0 Å². The highest BCUT2D eigenvalue weighted by molar-refractivity contribution is 4.51. The van der Waals surface area contributed by atoms with Crippen LogP contribution in [0.3, 0.4) is 0 Å². The molecule has 1 heteroatoms. The molecule has 0 aromatic heterocycles. The molecule has 2 N–H and O–H groups in total. The molecule has 0 spiro atoms. The third-order valence-electron chi connectivity index (χ3n) is 0. The lowest BCUT2D eigenvalue weighted by atomic mass is 10.5. The molecule has 1 nitrogen and oxygen atoms in total. The summed E-state index contributed by atoms with van der Waals surface area (Å²) in [6.45, 7) is 9.14.